The predicted octanol–water partition coefficient (Wildman–Crippen LogP) is 5.16. The molecule has 4 aliphatic carbocycles. The van der Waals surface area contributed by atoms with E-state index in [0.717, 1.165) is 24.3 Å². The summed E-state index contributed by atoms with van der Waals surface area (Å²) in [7, 11) is 0. The smallest absolute Gasteiger partial charge is 0.273 e. The van der Waals surface area contributed by atoms with Gasteiger partial charge in [0.2, 0.25) is 0 Å². The molecule has 4 aliphatic rings. The summed E-state index contributed by atoms with van der Waals surface area (Å²) in [5, 5.41) is 7.81. The van der Waals surface area contributed by atoms with Crippen LogP contribution < -0.4 is 10.1 Å². The fourth-order valence-corrected chi connectivity index (χ4v) is 6.49. The molecule has 5 nitrogen and oxygen atoms in total. The Balaban J connectivity index is 1.25. The molecular formula is C23H27ClN2O3. The molecule has 6 rings (SSSR count). The average Bonchev–Trinajstić information content (AvgIpc) is 3.04. The number of hydrogen-bond acceptors (Lipinski definition) is 4. The number of aromatic nitrogens is 1. The van der Waals surface area contributed by atoms with Crippen molar-refractivity contribution in [3.05, 3.63) is 46.3 Å². The van der Waals surface area contributed by atoms with Gasteiger partial charge in [0.1, 0.15) is 18.1 Å². The van der Waals surface area contributed by atoms with E-state index in [1.54, 1.807) is 19.1 Å². The molecule has 2 aromatic rings. The van der Waals surface area contributed by atoms with Crippen molar-refractivity contribution < 1.29 is 14.1 Å². The van der Waals surface area contributed by atoms with Crippen LogP contribution in [0.25, 0.3) is 0 Å². The molecule has 1 amide bonds. The zero-order valence-electron chi connectivity index (χ0n) is 16.7. The van der Waals surface area contributed by atoms with Gasteiger partial charge in [0.05, 0.1) is 5.56 Å². The Labute approximate surface area is 176 Å². The Hall–Kier alpha value is -2.01. The van der Waals surface area contributed by atoms with Crippen LogP contribution in [0.4, 0.5) is 0 Å². The summed E-state index contributed by atoms with van der Waals surface area (Å²) in [5.74, 6) is 3.70. The van der Waals surface area contributed by atoms with Crippen LogP contribution in [0, 0.1) is 30.1 Å². The molecule has 154 valence electrons. The van der Waals surface area contributed by atoms with Crippen molar-refractivity contribution >= 4 is 17.5 Å². The van der Waals surface area contributed by atoms with E-state index in [2.05, 4.69) is 10.5 Å². The van der Waals surface area contributed by atoms with Crippen LogP contribution in [0.2, 0.25) is 5.02 Å². The molecule has 1 aromatic heterocycles. The van der Waals surface area contributed by atoms with Crippen molar-refractivity contribution in [2.75, 3.05) is 6.54 Å². The average molecular weight is 415 g/mol. The second-order valence-electron chi connectivity index (χ2n) is 9.41. The van der Waals surface area contributed by atoms with E-state index < -0.39 is 0 Å². The number of rotatable bonds is 6. The fraction of sp³-hybridized carbons (Fsp3) is 0.565. The van der Waals surface area contributed by atoms with Gasteiger partial charge < -0.3 is 14.6 Å². The van der Waals surface area contributed by atoms with E-state index in [9.17, 15) is 4.79 Å². The third-order valence-electron chi connectivity index (χ3n) is 7.17. The molecule has 0 radical (unpaired) electrons. The Bertz CT molecular complexity index is 887. The Morgan fingerprint density at radius 3 is 2.59 bits per heavy atom. The molecule has 4 saturated carbocycles. The number of benzene rings is 1. The summed E-state index contributed by atoms with van der Waals surface area (Å²) in [5.41, 5.74) is 1.31. The second kappa shape index (κ2) is 7.35. The number of amides is 1. The number of hydrogen-bond donors (Lipinski definition) is 1. The quantitative estimate of drug-likeness (QED) is 0.708. The highest BCUT2D eigenvalue weighted by atomic mass is 35.5. The standard InChI is InChI=1S/C23H27ClN2O3/c1-14-20(12-28-19-4-2-3-18(24)8-19)21(26-29-14)22(27)25-13-23-9-15-5-16(10-23)7-17(6-15)11-23/h2-4,8,15-17H,5-7,9-13H2,1H3,(H,25,27). The molecule has 1 aromatic carbocycles. The normalized spacial score (nSPS) is 29.8. The number of aryl methyl sites for hydroxylation is 1. The van der Waals surface area contributed by atoms with E-state index in [-0.39, 0.29) is 12.5 Å². The minimum atomic E-state index is -0.165. The zero-order chi connectivity index (χ0) is 20.0. The van der Waals surface area contributed by atoms with Gasteiger partial charge in [-0.15, -0.1) is 0 Å². The van der Waals surface area contributed by atoms with Crippen molar-refractivity contribution in [1.29, 1.82) is 0 Å². The molecule has 29 heavy (non-hydrogen) atoms. The number of carbonyl (C=O) groups is 1. The number of nitrogens with zero attached hydrogens (tertiary/aromatic N) is 1. The first-order valence-corrected chi connectivity index (χ1v) is 11.0. The largest absolute Gasteiger partial charge is 0.489 e. The van der Waals surface area contributed by atoms with Crippen LogP contribution in [0.3, 0.4) is 0 Å². The first-order valence-electron chi connectivity index (χ1n) is 10.6. The van der Waals surface area contributed by atoms with E-state index >= 15 is 0 Å². The lowest BCUT2D eigenvalue weighted by Gasteiger charge is -2.56. The van der Waals surface area contributed by atoms with Gasteiger partial charge in [-0.2, -0.15) is 0 Å². The maximum atomic E-state index is 12.9. The minimum Gasteiger partial charge on any atom is -0.489 e. The second-order valence-corrected chi connectivity index (χ2v) is 9.85. The zero-order valence-corrected chi connectivity index (χ0v) is 17.5. The summed E-state index contributed by atoms with van der Waals surface area (Å²) in [6, 6.07) is 7.21. The van der Waals surface area contributed by atoms with Crippen molar-refractivity contribution in [3.8, 4) is 5.75 Å². The molecule has 1 heterocycles. The third kappa shape index (κ3) is 3.77. The molecule has 0 saturated heterocycles. The van der Waals surface area contributed by atoms with E-state index in [4.69, 9.17) is 20.9 Å². The first kappa shape index (κ1) is 19.0. The summed E-state index contributed by atoms with van der Waals surface area (Å²) >= 11 is 6.01. The van der Waals surface area contributed by atoms with Gasteiger partial charge >= 0.3 is 0 Å². The number of carbonyl (C=O) groups excluding carboxylic acids is 1. The van der Waals surface area contributed by atoms with Crippen LogP contribution in [-0.2, 0) is 6.61 Å². The van der Waals surface area contributed by atoms with Crippen LogP contribution in [0.1, 0.15) is 60.3 Å². The Morgan fingerprint density at radius 1 is 1.24 bits per heavy atom. The van der Waals surface area contributed by atoms with Gasteiger partial charge in [-0.05, 0) is 86.8 Å². The molecular weight excluding hydrogens is 388 g/mol. The molecule has 4 bridgehead atoms. The van der Waals surface area contributed by atoms with Crippen LogP contribution in [0.5, 0.6) is 5.75 Å². The lowest BCUT2D eigenvalue weighted by molar-refractivity contribution is -0.0503. The topological polar surface area (TPSA) is 64.4 Å². The maximum Gasteiger partial charge on any atom is 0.273 e. The molecule has 0 atom stereocenters. The molecule has 6 heteroatoms. The molecule has 0 unspecified atom stereocenters. The third-order valence-corrected chi connectivity index (χ3v) is 7.40. The Morgan fingerprint density at radius 2 is 1.93 bits per heavy atom. The minimum absolute atomic E-state index is 0.165. The number of ether oxygens (including phenoxy) is 1. The van der Waals surface area contributed by atoms with Gasteiger partial charge in [0, 0.05) is 11.6 Å². The molecule has 4 fully saturated rings. The summed E-state index contributed by atoms with van der Waals surface area (Å²) in [6.45, 7) is 2.77. The number of nitrogens with one attached hydrogen (secondary N) is 1. The monoisotopic (exact) mass is 414 g/mol. The SMILES string of the molecule is Cc1onc(C(=O)NCC23CC4CC(CC(C4)C2)C3)c1COc1cccc(Cl)c1. The van der Waals surface area contributed by atoms with Crippen LogP contribution in [0.15, 0.2) is 28.8 Å². The van der Waals surface area contributed by atoms with Crippen LogP contribution >= 0.6 is 11.6 Å². The summed E-state index contributed by atoms with van der Waals surface area (Å²) in [6.07, 6.45) is 8.01. The summed E-state index contributed by atoms with van der Waals surface area (Å²) in [4.78, 5) is 12.9. The van der Waals surface area contributed by atoms with Gasteiger partial charge in [0.25, 0.3) is 5.91 Å². The van der Waals surface area contributed by atoms with Gasteiger partial charge in [0.15, 0.2) is 5.69 Å². The van der Waals surface area contributed by atoms with Crippen molar-refractivity contribution in [3.63, 3.8) is 0 Å². The van der Waals surface area contributed by atoms with E-state index in [1.165, 1.54) is 38.5 Å². The fourth-order valence-electron chi connectivity index (χ4n) is 6.31. The highest BCUT2D eigenvalue weighted by molar-refractivity contribution is 6.30. The molecule has 1 N–H and O–H groups in total. The van der Waals surface area contributed by atoms with Crippen LogP contribution in [-0.4, -0.2) is 17.6 Å². The van der Waals surface area contributed by atoms with Gasteiger partial charge in [-0.25, -0.2) is 0 Å². The maximum absolute atomic E-state index is 12.9. The lowest BCUT2D eigenvalue weighted by atomic mass is 9.49. The first-order chi connectivity index (χ1) is 14.0. The Kier molecular flexibility index (Phi) is 4.81. The van der Waals surface area contributed by atoms with Crippen molar-refractivity contribution in [1.82, 2.24) is 10.5 Å². The predicted molar refractivity (Wildman–Crippen MR) is 110 cm³/mol. The highest BCUT2D eigenvalue weighted by Gasteiger charge is 2.50. The van der Waals surface area contributed by atoms with Gasteiger partial charge in [-0.3, -0.25) is 4.79 Å². The van der Waals surface area contributed by atoms with Crippen molar-refractivity contribution in [2.24, 2.45) is 23.2 Å². The van der Waals surface area contributed by atoms with E-state index in [1.807, 2.05) is 12.1 Å². The van der Waals surface area contributed by atoms with Crippen molar-refractivity contribution in [2.45, 2.75) is 52.1 Å². The lowest BCUT2D eigenvalue weighted by Crippen LogP contribution is -2.51. The summed E-state index contributed by atoms with van der Waals surface area (Å²) < 4.78 is 11.1. The molecule has 0 aliphatic heterocycles. The number of halogens is 1. The molecule has 0 spiro atoms. The highest BCUT2D eigenvalue weighted by Crippen LogP contribution is 2.59. The van der Waals surface area contributed by atoms with Gasteiger partial charge in [-0.1, -0.05) is 22.8 Å². The van der Waals surface area contributed by atoms with E-state index in [0.29, 0.717) is 33.2 Å².